The third-order valence-corrected chi connectivity index (χ3v) is 2.88. The van der Waals surface area contributed by atoms with E-state index < -0.39 is 0 Å². The van der Waals surface area contributed by atoms with E-state index in [-0.39, 0.29) is 11.8 Å². The fourth-order valence-corrected chi connectivity index (χ4v) is 1.90. The van der Waals surface area contributed by atoms with Gasteiger partial charge in [-0.2, -0.15) is 0 Å². The average Bonchev–Trinajstić information content (AvgIpc) is 2.31. The predicted molar refractivity (Wildman–Crippen MR) is 67.2 cm³/mol. The van der Waals surface area contributed by atoms with E-state index in [1.807, 2.05) is 43.9 Å². The normalized spacial score (nSPS) is 12.2. The number of hydrogen-bond acceptors (Lipinski definition) is 1. The van der Waals surface area contributed by atoms with Crippen LogP contribution in [0.5, 0.6) is 0 Å². The Hall–Kier alpha value is -1.31. The molecule has 1 atom stereocenters. The van der Waals surface area contributed by atoms with Crippen LogP contribution < -0.4 is 0 Å². The molecular formula is C14H21NO. The van der Waals surface area contributed by atoms with Crippen molar-refractivity contribution < 1.29 is 4.79 Å². The van der Waals surface area contributed by atoms with Gasteiger partial charge < -0.3 is 4.90 Å². The highest BCUT2D eigenvalue weighted by atomic mass is 16.2. The van der Waals surface area contributed by atoms with Crippen molar-refractivity contribution in [2.24, 2.45) is 5.92 Å². The zero-order valence-corrected chi connectivity index (χ0v) is 10.4. The van der Waals surface area contributed by atoms with Gasteiger partial charge in [-0.3, -0.25) is 4.79 Å². The highest BCUT2D eigenvalue weighted by molar-refractivity contribution is 5.78. The molecule has 0 fully saturated rings. The molecule has 16 heavy (non-hydrogen) atoms. The quantitative estimate of drug-likeness (QED) is 0.745. The minimum Gasteiger partial charge on any atom is -0.343 e. The number of benzene rings is 1. The third-order valence-electron chi connectivity index (χ3n) is 2.88. The summed E-state index contributed by atoms with van der Waals surface area (Å²) in [5.41, 5.74) is 1.23. The van der Waals surface area contributed by atoms with Gasteiger partial charge in [0.25, 0.3) is 0 Å². The van der Waals surface area contributed by atoms with Crippen molar-refractivity contribution >= 4 is 5.91 Å². The van der Waals surface area contributed by atoms with E-state index >= 15 is 0 Å². The summed E-state index contributed by atoms with van der Waals surface area (Å²) >= 11 is 0. The molecule has 88 valence electrons. The van der Waals surface area contributed by atoms with Gasteiger partial charge in [0.05, 0.1) is 0 Å². The summed E-state index contributed by atoms with van der Waals surface area (Å²) in [6.07, 6.45) is 0.830. The van der Waals surface area contributed by atoms with Gasteiger partial charge in [0.2, 0.25) is 5.91 Å². The van der Waals surface area contributed by atoms with E-state index in [1.54, 1.807) is 0 Å². The van der Waals surface area contributed by atoms with E-state index in [2.05, 4.69) is 12.1 Å². The molecular weight excluding hydrogens is 198 g/mol. The summed E-state index contributed by atoms with van der Waals surface area (Å²) in [6.45, 7) is 7.66. The van der Waals surface area contributed by atoms with Gasteiger partial charge >= 0.3 is 0 Å². The molecule has 0 bridgehead atoms. The Labute approximate surface area is 98.3 Å². The highest BCUT2D eigenvalue weighted by Gasteiger charge is 2.17. The smallest absolute Gasteiger partial charge is 0.225 e. The summed E-state index contributed by atoms with van der Waals surface area (Å²) < 4.78 is 0. The van der Waals surface area contributed by atoms with E-state index in [4.69, 9.17) is 0 Å². The van der Waals surface area contributed by atoms with Crippen LogP contribution in [-0.4, -0.2) is 23.9 Å². The topological polar surface area (TPSA) is 20.3 Å². The predicted octanol–water partition coefficient (Wildman–Crippen LogP) is 2.73. The second kappa shape index (κ2) is 6.31. The lowest BCUT2D eigenvalue weighted by Gasteiger charge is -2.22. The molecule has 0 saturated carbocycles. The van der Waals surface area contributed by atoms with Crippen molar-refractivity contribution in [3.8, 4) is 0 Å². The van der Waals surface area contributed by atoms with Crippen LogP contribution in [0.25, 0.3) is 0 Å². The molecule has 0 spiro atoms. The first-order valence-corrected chi connectivity index (χ1v) is 6.01. The lowest BCUT2D eigenvalue weighted by atomic mass is 10.00. The lowest BCUT2D eigenvalue weighted by molar-refractivity contribution is -0.134. The number of amides is 1. The molecule has 0 unspecified atom stereocenters. The van der Waals surface area contributed by atoms with E-state index in [1.165, 1.54) is 5.56 Å². The van der Waals surface area contributed by atoms with Crippen molar-refractivity contribution in [2.75, 3.05) is 13.1 Å². The second-order valence-electron chi connectivity index (χ2n) is 4.10. The second-order valence-corrected chi connectivity index (χ2v) is 4.10. The third kappa shape index (κ3) is 3.37. The van der Waals surface area contributed by atoms with Gasteiger partial charge in [-0.1, -0.05) is 37.3 Å². The van der Waals surface area contributed by atoms with Crippen molar-refractivity contribution in [3.63, 3.8) is 0 Å². The molecule has 0 aliphatic rings. The molecule has 0 aliphatic heterocycles. The molecule has 0 aromatic heterocycles. The number of nitrogens with zero attached hydrogens (tertiary/aromatic N) is 1. The van der Waals surface area contributed by atoms with Gasteiger partial charge in [0.1, 0.15) is 0 Å². The summed E-state index contributed by atoms with van der Waals surface area (Å²) in [7, 11) is 0. The summed E-state index contributed by atoms with van der Waals surface area (Å²) in [5.74, 6) is 0.330. The molecule has 1 amide bonds. The maximum atomic E-state index is 12.0. The molecule has 1 aromatic carbocycles. The van der Waals surface area contributed by atoms with Gasteiger partial charge in [-0.05, 0) is 25.8 Å². The fraction of sp³-hybridized carbons (Fsp3) is 0.500. The lowest BCUT2D eigenvalue weighted by Crippen LogP contribution is -2.35. The van der Waals surface area contributed by atoms with Gasteiger partial charge in [0.15, 0.2) is 0 Å². The van der Waals surface area contributed by atoms with Crippen LogP contribution in [0.1, 0.15) is 26.3 Å². The number of carbonyl (C=O) groups is 1. The van der Waals surface area contributed by atoms with Crippen LogP contribution in [0.15, 0.2) is 30.3 Å². The Kier molecular flexibility index (Phi) is 5.03. The van der Waals surface area contributed by atoms with Crippen LogP contribution in [0.2, 0.25) is 0 Å². The van der Waals surface area contributed by atoms with E-state index in [0.29, 0.717) is 0 Å². The van der Waals surface area contributed by atoms with Crippen LogP contribution in [0.4, 0.5) is 0 Å². The Morgan fingerprint density at radius 1 is 1.19 bits per heavy atom. The standard InChI is InChI=1S/C14H21NO/c1-4-15(5-2)14(16)12(3)11-13-9-7-6-8-10-13/h6-10,12H,4-5,11H2,1-3H3/t12-/m1/s1. The Balaban J connectivity index is 2.58. The molecule has 2 heteroatoms. The molecule has 1 aromatic rings. The SMILES string of the molecule is CCN(CC)C(=O)[C@H](C)Cc1ccccc1. The zero-order valence-electron chi connectivity index (χ0n) is 10.4. The van der Waals surface area contributed by atoms with E-state index in [0.717, 1.165) is 19.5 Å². The average molecular weight is 219 g/mol. The first kappa shape index (κ1) is 12.8. The Morgan fingerprint density at radius 3 is 2.25 bits per heavy atom. The van der Waals surface area contributed by atoms with Gasteiger partial charge in [-0.15, -0.1) is 0 Å². The van der Waals surface area contributed by atoms with Gasteiger partial charge in [-0.25, -0.2) is 0 Å². The van der Waals surface area contributed by atoms with Crippen molar-refractivity contribution in [2.45, 2.75) is 27.2 Å². The van der Waals surface area contributed by atoms with E-state index in [9.17, 15) is 4.79 Å². The Morgan fingerprint density at radius 2 is 1.75 bits per heavy atom. The Bertz CT molecular complexity index is 317. The largest absolute Gasteiger partial charge is 0.343 e. The van der Waals surface area contributed by atoms with Crippen molar-refractivity contribution in [3.05, 3.63) is 35.9 Å². The monoisotopic (exact) mass is 219 g/mol. The van der Waals surface area contributed by atoms with Crippen LogP contribution in [0, 0.1) is 5.92 Å². The van der Waals surface area contributed by atoms with Crippen LogP contribution in [-0.2, 0) is 11.2 Å². The fourth-order valence-electron chi connectivity index (χ4n) is 1.90. The van der Waals surface area contributed by atoms with Crippen molar-refractivity contribution in [1.29, 1.82) is 0 Å². The first-order valence-electron chi connectivity index (χ1n) is 6.01. The molecule has 0 heterocycles. The van der Waals surface area contributed by atoms with Crippen molar-refractivity contribution in [1.82, 2.24) is 4.90 Å². The zero-order chi connectivity index (χ0) is 12.0. The van der Waals surface area contributed by atoms with Crippen LogP contribution >= 0.6 is 0 Å². The molecule has 1 rings (SSSR count). The summed E-state index contributed by atoms with van der Waals surface area (Å²) in [4.78, 5) is 13.9. The molecule has 0 radical (unpaired) electrons. The summed E-state index contributed by atoms with van der Waals surface area (Å²) in [6, 6.07) is 10.2. The molecule has 0 N–H and O–H groups in total. The maximum absolute atomic E-state index is 12.0. The molecule has 2 nitrogen and oxygen atoms in total. The number of carbonyl (C=O) groups excluding carboxylic acids is 1. The first-order chi connectivity index (χ1) is 7.69. The minimum atomic E-state index is 0.0716. The molecule has 0 aliphatic carbocycles. The number of hydrogen-bond donors (Lipinski definition) is 0. The molecule has 0 saturated heterocycles. The minimum absolute atomic E-state index is 0.0716. The number of rotatable bonds is 5. The van der Waals surface area contributed by atoms with Gasteiger partial charge in [0, 0.05) is 19.0 Å². The highest BCUT2D eigenvalue weighted by Crippen LogP contribution is 2.11. The maximum Gasteiger partial charge on any atom is 0.225 e. The van der Waals surface area contributed by atoms with Crippen LogP contribution in [0.3, 0.4) is 0 Å². The summed E-state index contributed by atoms with van der Waals surface area (Å²) in [5, 5.41) is 0.